The molecule has 0 saturated carbocycles. The molecule has 0 saturated heterocycles. The van der Waals surface area contributed by atoms with Gasteiger partial charge in [0.2, 0.25) is 0 Å². The van der Waals surface area contributed by atoms with Crippen LogP contribution in [0.1, 0.15) is 0 Å². The molecule has 4 aromatic rings. The molecule has 0 unspecified atom stereocenters. The molecule has 0 atom stereocenters. The average molecular weight is 405 g/mol. The van der Waals surface area contributed by atoms with Crippen molar-refractivity contribution in [2.45, 2.75) is 0 Å². The Hall–Kier alpha value is -4.00. The molecule has 7 nitrogen and oxygen atoms in total. The fourth-order valence-electron chi connectivity index (χ4n) is 3.05. The van der Waals surface area contributed by atoms with Crippen molar-refractivity contribution in [1.82, 2.24) is 0 Å². The molecule has 7 heteroatoms. The van der Waals surface area contributed by atoms with Crippen LogP contribution < -0.4 is 14.8 Å². The lowest BCUT2D eigenvalue weighted by Crippen LogP contribution is -2.23. The van der Waals surface area contributed by atoms with E-state index in [2.05, 4.69) is 5.32 Å². The summed E-state index contributed by atoms with van der Waals surface area (Å²) in [6.07, 6.45) is 0. The molecule has 0 fully saturated rings. The van der Waals surface area contributed by atoms with E-state index in [0.717, 1.165) is 16.4 Å². The highest BCUT2D eigenvalue weighted by Crippen LogP contribution is 2.36. The number of hydrogen-bond acceptors (Lipinski definition) is 6. The molecule has 0 bridgehead atoms. The number of esters is 1. The summed E-state index contributed by atoms with van der Waals surface area (Å²) in [6, 6.07) is 20.0. The topological polar surface area (TPSA) is 87.0 Å². The number of benzene rings is 3. The van der Waals surface area contributed by atoms with Crippen LogP contribution in [-0.2, 0) is 14.3 Å². The summed E-state index contributed by atoms with van der Waals surface area (Å²) in [7, 11) is 1.51. The van der Waals surface area contributed by atoms with E-state index >= 15 is 0 Å². The van der Waals surface area contributed by atoms with Gasteiger partial charge in [0.05, 0.1) is 12.8 Å². The summed E-state index contributed by atoms with van der Waals surface area (Å²) < 4.78 is 21.5. The number of furan rings is 1. The van der Waals surface area contributed by atoms with Crippen LogP contribution in [0.25, 0.3) is 21.9 Å². The molecular formula is C23H19NO6. The molecule has 0 aliphatic carbocycles. The number of carbonyl (C=O) groups is 2. The highest BCUT2D eigenvalue weighted by Gasteiger charge is 2.15. The van der Waals surface area contributed by atoms with Crippen molar-refractivity contribution in [1.29, 1.82) is 0 Å². The lowest BCUT2D eigenvalue weighted by Gasteiger charge is -2.11. The predicted octanol–water partition coefficient (Wildman–Crippen LogP) is 4.16. The van der Waals surface area contributed by atoms with Crippen LogP contribution in [0.15, 0.2) is 71.1 Å². The third-order valence-corrected chi connectivity index (χ3v) is 4.44. The molecule has 0 aliphatic rings. The van der Waals surface area contributed by atoms with Crippen LogP contribution in [-0.4, -0.2) is 32.2 Å². The lowest BCUT2D eigenvalue weighted by atomic mass is 10.1. The standard InChI is InChI=1S/C23H19NO6/c1-27-21-11-17-16-9-5-6-10-19(16)30-20(17)12-18(21)24-22(25)13-29-23(26)14-28-15-7-3-2-4-8-15/h2-12H,13-14H2,1H3,(H,24,25). The van der Waals surface area contributed by atoms with Gasteiger partial charge in [-0.3, -0.25) is 4.79 Å². The van der Waals surface area contributed by atoms with E-state index in [4.69, 9.17) is 18.6 Å². The smallest absolute Gasteiger partial charge is 0.344 e. The number of para-hydroxylation sites is 2. The normalized spacial score (nSPS) is 10.7. The predicted molar refractivity (Wildman–Crippen MR) is 112 cm³/mol. The molecule has 30 heavy (non-hydrogen) atoms. The Labute approximate surface area is 172 Å². The number of nitrogens with one attached hydrogen (secondary N) is 1. The first-order valence-corrected chi connectivity index (χ1v) is 9.26. The number of amides is 1. The summed E-state index contributed by atoms with van der Waals surface area (Å²) in [5.41, 5.74) is 1.77. The number of rotatable bonds is 7. The van der Waals surface area contributed by atoms with Gasteiger partial charge in [-0.1, -0.05) is 36.4 Å². The Balaban J connectivity index is 1.40. The summed E-state index contributed by atoms with van der Waals surface area (Å²) in [6.45, 7) is -0.732. The third kappa shape index (κ3) is 4.20. The van der Waals surface area contributed by atoms with E-state index < -0.39 is 18.5 Å². The second kappa shape index (κ2) is 8.57. The summed E-state index contributed by atoms with van der Waals surface area (Å²) in [5, 5.41) is 4.52. The van der Waals surface area contributed by atoms with Crippen molar-refractivity contribution < 1.29 is 28.2 Å². The molecule has 4 rings (SSSR count). The molecule has 1 heterocycles. The Morgan fingerprint density at radius 2 is 1.67 bits per heavy atom. The molecule has 0 aliphatic heterocycles. The fraction of sp³-hybridized carbons (Fsp3) is 0.130. The maximum absolute atomic E-state index is 12.3. The van der Waals surface area contributed by atoms with Gasteiger partial charge in [-0.05, 0) is 24.3 Å². The van der Waals surface area contributed by atoms with Gasteiger partial charge < -0.3 is 23.9 Å². The lowest BCUT2D eigenvalue weighted by molar-refractivity contribution is -0.149. The number of ether oxygens (including phenoxy) is 3. The molecule has 1 amide bonds. The highest BCUT2D eigenvalue weighted by atomic mass is 16.6. The van der Waals surface area contributed by atoms with Crippen molar-refractivity contribution in [3.63, 3.8) is 0 Å². The van der Waals surface area contributed by atoms with Crippen molar-refractivity contribution in [3.8, 4) is 11.5 Å². The van der Waals surface area contributed by atoms with Gasteiger partial charge in [-0.25, -0.2) is 4.79 Å². The monoisotopic (exact) mass is 405 g/mol. The first-order chi connectivity index (χ1) is 14.6. The molecule has 152 valence electrons. The van der Waals surface area contributed by atoms with Crippen molar-refractivity contribution in [2.24, 2.45) is 0 Å². The molecule has 1 aromatic heterocycles. The largest absolute Gasteiger partial charge is 0.495 e. The van der Waals surface area contributed by atoms with Crippen LogP contribution >= 0.6 is 0 Å². The van der Waals surface area contributed by atoms with Crippen LogP contribution in [0.4, 0.5) is 5.69 Å². The number of anilines is 1. The Bertz CT molecular complexity index is 1200. The molecule has 0 radical (unpaired) electrons. The van der Waals surface area contributed by atoms with Crippen molar-refractivity contribution >= 4 is 39.5 Å². The van der Waals surface area contributed by atoms with E-state index in [1.165, 1.54) is 7.11 Å². The minimum absolute atomic E-state index is 0.286. The fourth-order valence-corrected chi connectivity index (χ4v) is 3.05. The van der Waals surface area contributed by atoms with Gasteiger partial charge in [0.15, 0.2) is 13.2 Å². The van der Waals surface area contributed by atoms with E-state index in [9.17, 15) is 9.59 Å². The maximum Gasteiger partial charge on any atom is 0.344 e. The summed E-state index contributed by atoms with van der Waals surface area (Å²) in [5.74, 6) is -0.130. The zero-order chi connectivity index (χ0) is 20.9. The summed E-state index contributed by atoms with van der Waals surface area (Å²) >= 11 is 0. The molecule has 3 aromatic carbocycles. The van der Waals surface area contributed by atoms with Gasteiger partial charge in [-0.2, -0.15) is 0 Å². The quantitative estimate of drug-likeness (QED) is 0.465. The zero-order valence-corrected chi connectivity index (χ0v) is 16.2. The van der Waals surface area contributed by atoms with Crippen LogP contribution in [0.2, 0.25) is 0 Å². The Morgan fingerprint density at radius 3 is 2.47 bits per heavy atom. The van der Waals surface area contributed by atoms with E-state index in [1.807, 2.05) is 30.3 Å². The maximum atomic E-state index is 12.3. The van der Waals surface area contributed by atoms with Crippen LogP contribution in [0.3, 0.4) is 0 Å². The number of hydrogen-bond donors (Lipinski definition) is 1. The second-order valence-electron chi connectivity index (χ2n) is 6.46. The van der Waals surface area contributed by atoms with Crippen molar-refractivity contribution in [2.75, 3.05) is 25.6 Å². The van der Waals surface area contributed by atoms with Crippen LogP contribution in [0.5, 0.6) is 11.5 Å². The van der Waals surface area contributed by atoms with E-state index in [1.54, 1.807) is 36.4 Å². The molecule has 1 N–H and O–H groups in total. The second-order valence-corrected chi connectivity index (χ2v) is 6.46. The molecular weight excluding hydrogens is 386 g/mol. The average Bonchev–Trinajstić information content (AvgIpc) is 3.13. The third-order valence-electron chi connectivity index (χ3n) is 4.44. The Morgan fingerprint density at radius 1 is 0.900 bits per heavy atom. The molecule has 0 spiro atoms. The summed E-state index contributed by atoms with van der Waals surface area (Å²) in [4.78, 5) is 24.1. The minimum Gasteiger partial charge on any atom is -0.495 e. The van der Waals surface area contributed by atoms with Crippen LogP contribution in [0, 0.1) is 0 Å². The minimum atomic E-state index is -0.645. The van der Waals surface area contributed by atoms with Crippen molar-refractivity contribution in [3.05, 3.63) is 66.7 Å². The first kappa shape index (κ1) is 19.3. The number of fused-ring (bicyclic) bond motifs is 3. The van der Waals surface area contributed by atoms with Gasteiger partial charge >= 0.3 is 5.97 Å². The van der Waals surface area contributed by atoms with Gasteiger partial charge in [-0.15, -0.1) is 0 Å². The first-order valence-electron chi connectivity index (χ1n) is 9.26. The zero-order valence-electron chi connectivity index (χ0n) is 16.2. The van der Waals surface area contributed by atoms with Gasteiger partial charge in [0.25, 0.3) is 5.91 Å². The number of carbonyl (C=O) groups excluding carboxylic acids is 2. The van der Waals surface area contributed by atoms with E-state index in [0.29, 0.717) is 22.8 Å². The SMILES string of the molecule is COc1cc2c(cc1NC(=O)COC(=O)COc1ccccc1)oc1ccccc12. The van der Waals surface area contributed by atoms with Gasteiger partial charge in [0, 0.05) is 16.8 Å². The van der Waals surface area contributed by atoms with E-state index in [-0.39, 0.29) is 6.61 Å². The van der Waals surface area contributed by atoms with Gasteiger partial charge in [0.1, 0.15) is 22.7 Å². The number of methoxy groups -OCH3 is 1. The highest BCUT2D eigenvalue weighted by molar-refractivity contribution is 6.07. The Kier molecular flexibility index (Phi) is 5.52.